The number of ether oxygens (including phenoxy) is 1. The summed E-state index contributed by atoms with van der Waals surface area (Å²) in [5, 5.41) is 11.6. The first-order chi connectivity index (χ1) is 15.8. The van der Waals surface area contributed by atoms with Gasteiger partial charge in [0.05, 0.1) is 6.54 Å². The minimum absolute atomic E-state index is 0.00876. The molecular weight excluding hydrogens is 412 g/mol. The number of β-amino-alcohol motifs (C(OH)–C–C–N with tert-alkyl or cyclic N) is 1. The number of rotatable bonds is 5. The SMILES string of the molecule is CC(=O)N1CCN(C2CCC(c3ccccc3)CC2)C[C@@](O)(COc2cc(C)cc(C)c2)C1. The third kappa shape index (κ3) is 6.15. The van der Waals surface area contributed by atoms with Crippen LogP contribution >= 0.6 is 0 Å². The maximum Gasteiger partial charge on any atom is 0.219 e. The zero-order chi connectivity index (χ0) is 23.4. The van der Waals surface area contributed by atoms with Gasteiger partial charge in [-0.3, -0.25) is 9.69 Å². The molecule has 1 saturated heterocycles. The molecule has 0 bridgehead atoms. The molecule has 1 atom stereocenters. The van der Waals surface area contributed by atoms with E-state index >= 15 is 0 Å². The quantitative estimate of drug-likeness (QED) is 0.738. The lowest BCUT2D eigenvalue weighted by atomic mass is 9.81. The Kier molecular flexibility index (Phi) is 7.40. The van der Waals surface area contributed by atoms with E-state index in [0.29, 0.717) is 31.6 Å². The standard InChI is InChI=1S/C28H38N2O3/c1-21-15-22(2)17-27(16-21)33-20-28(32)18-29(23(3)31)13-14-30(19-28)26-11-9-25(10-12-26)24-7-5-4-6-8-24/h4-8,15-17,25-26,32H,9-14,18-20H2,1-3H3/t25?,26?,28-/m1/s1. The molecule has 0 radical (unpaired) electrons. The predicted molar refractivity (Wildman–Crippen MR) is 132 cm³/mol. The van der Waals surface area contributed by atoms with Gasteiger partial charge in [0, 0.05) is 32.6 Å². The first-order valence-electron chi connectivity index (χ1n) is 12.3. The molecule has 1 aliphatic heterocycles. The zero-order valence-electron chi connectivity index (χ0n) is 20.3. The first-order valence-corrected chi connectivity index (χ1v) is 12.3. The van der Waals surface area contributed by atoms with Crippen LogP contribution in [0.2, 0.25) is 0 Å². The van der Waals surface area contributed by atoms with Crippen LogP contribution in [0.5, 0.6) is 5.75 Å². The van der Waals surface area contributed by atoms with Crippen LogP contribution in [0.1, 0.15) is 55.2 Å². The summed E-state index contributed by atoms with van der Waals surface area (Å²) in [6, 6.07) is 17.4. The fraction of sp³-hybridized carbons (Fsp3) is 0.536. The molecule has 0 aromatic heterocycles. The molecule has 5 heteroatoms. The van der Waals surface area contributed by atoms with Gasteiger partial charge in [-0.25, -0.2) is 0 Å². The lowest BCUT2D eigenvalue weighted by molar-refractivity contribution is -0.132. The largest absolute Gasteiger partial charge is 0.490 e. The van der Waals surface area contributed by atoms with Crippen LogP contribution in [-0.4, -0.2) is 65.2 Å². The summed E-state index contributed by atoms with van der Waals surface area (Å²) in [5.41, 5.74) is 2.61. The predicted octanol–water partition coefficient (Wildman–Crippen LogP) is 4.30. The molecule has 2 fully saturated rings. The van der Waals surface area contributed by atoms with Crippen LogP contribution in [0.25, 0.3) is 0 Å². The molecule has 2 aromatic rings. The van der Waals surface area contributed by atoms with E-state index in [1.165, 1.54) is 18.4 Å². The van der Waals surface area contributed by atoms with Gasteiger partial charge in [0.2, 0.25) is 5.91 Å². The summed E-state index contributed by atoms with van der Waals surface area (Å²) in [5.74, 6) is 1.40. The highest BCUT2D eigenvalue weighted by Crippen LogP contribution is 2.35. The summed E-state index contributed by atoms with van der Waals surface area (Å²) < 4.78 is 6.09. The van der Waals surface area contributed by atoms with Crippen molar-refractivity contribution in [2.45, 2.75) is 64.0 Å². The Balaban J connectivity index is 1.43. The van der Waals surface area contributed by atoms with Crippen molar-refractivity contribution >= 4 is 5.91 Å². The minimum Gasteiger partial charge on any atom is -0.490 e. The van der Waals surface area contributed by atoms with E-state index in [-0.39, 0.29) is 12.5 Å². The molecule has 1 aliphatic carbocycles. The number of carbonyl (C=O) groups is 1. The van der Waals surface area contributed by atoms with Gasteiger partial charge in [-0.05, 0) is 74.3 Å². The van der Waals surface area contributed by atoms with Gasteiger partial charge in [0.15, 0.2) is 0 Å². The number of hydrogen-bond acceptors (Lipinski definition) is 4. The average Bonchev–Trinajstić information content (AvgIpc) is 2.98. The van der Waals surface area contributed by atoms with Crippen LogP contribution in [0.4, 0.5) is 0 Å². The second-order valence-corrected chi connectivity index (χ2v) is 10.2. The molecule has 5 nitrogen and oxygen atoms in total. The lowest BCUT2D eigenvalue weighted by Gasteiger charge is -2.39. The van der Waals surface area contributed by atoms with Gasteiger partial charge in [-0.2, -0.15) is 0 Å². The summed E-state index contributed by atoms with van der Waals surface area (Å²) in [4.78, 5) is 16.4. The number of amides is 1. The maximum atomic E-state index is 12.2. The van der Waals surface area contributed by atoms with E-state index in [9.17, 15) is 9.90 Å². The Morgan fingerprint density at radius 2 is 1.67 bits per heavy atom. The van der Waals surface area contributed by atoms with Crippen molar-refractivity contribution in [2.24, 2.45) is 0 Å². The molecule has 1 N–H and O–H groups in total. The fourth-order valence-corrected chi connectivity index (χ4v) is 5.60. The molecule has 1 heterocycles. The van der Waals surface area contributed by atoms with E-state index in [1.54, 1.807) is 11.8 Å². The third-order valence-electron chi connectivity index (χ3n) is 7.27. The highest BCUT2D eigenvalue weighted by atomic mass is 16.5. The molecule has 2 aliphatic rings. The Morgan fingerprint density at radius 3 is 2.30 bits per heavy atom. The summed E-state index contributed by atoms with van der Waals surface area (Å²) in [7, 11) is 0. The fourth-order valence-electron chi connectivity index (χ4n) is 5.60. The number of carbonyl (C=O) groups excluding carboxylic acids is 1. The molecular formula is C28H38N2O3. The van der Waals surface area contributed by atoms with Gasteiger partial charge in [-0.1, -0.05) is 36.4 Å². The van der Waals surface area contributed by atoms with Crippen LogP contribution in [0.3, 0.4) is 0 Å². The summed E-state index contributed by atoms with van der Waals surface area (Å²) in [6.45, 7) is 8.15. The van der Waals surface area contributed by atoms with Crippen LogP contribution in [0.15, 0.2) is 48.5 Å². The van der Waals surface area contributed by atoms with E-state index in [2.05, 4.69) is 41.3 Å². The first kappa shape index (κ1) is 23.8. The van der Waals surface area contributed by atoms with Crippen molar-refractivity contribution in [1.82, 2.24) is 9.80 Å². The van der Waals surface area contributed by atoms with Gasteiger partial charge >= 0.3 is 0 Å². The van der Waals surface area contributed by atoms with Crippen molar-refractivity contribution < 1.29 is 14.6 Å². The Labute approximate surface area is 198 Å². The number of aryl methyl sites for hydroxylation is 2. The third-order valence-corrected chi connectivity index (χ3v) is 7.27. The van der Waals surface area contributed by atoms with Gasteiger partial charge in [-0.15, -0.1) is 0 Å². The average molecular weight is 451 g/mol. The van der Waals surface area contributed by atoms with Crippen molar-refractivity contribution in [3.05, 3.63) is 65.2 Å². The van der Waals surface area contributed by atoms with Crippen LogP contribution in [-0.2, 0) is 4.79 Å². The normalized spacial score (nSPS) is 26.6. The Bertz CT molecular complexity index is 919. The second-order valence-electron chi connectivity index (χ2n) is 10.2. The van der Waals surface area contributed by atoms with Crippen LogP contribution < -0.4 is 4.74 Å². The van der Waals surface area contributed by atoms with E-state index in [1.807, 2.05) is 26.0 Å². The molecule has 33 heavy (non-hydrogen) atoms. The molecule has 1 amide bonds. The van der Waals surface area contributed by atoms with E-state index in [0.717, 1.165) is 36.3 Å². The maximum absolute atomic E-state index is 12.2. The highest BCUT2D eigenvalue weighted by molar-refractivity contribution is 5.73. The van der Waals surface area contributed by atoms with Crippen molar-refractivity contribution in [1.29, 1.82) is 0 Å². The summed E-state index contributed by atoms with van der Waals surface area (Å²) in [6.07, 6.45) is 4.57. The van der Waals surface area contributed by atoms with Crippen LogP contribution in [0, 0.1) is 13.8 Å². The number of hydrogen-bond donors (Lipinski definition) is 1. The van der Waals surface area contributed by atoms with Gasteiger partial charge in [0.1, 0.15) is 18.0 Å². The van der Waals surface area contributed by atoms with Crippen molar-refractivity contribution in [3.63, 3.8) is 0 Å². The molecule has 0 unspecified atom stereocenters. The topological polar surface area (TPSA) is 53.0 Å². The highest BCUT2D eigenvalue weighted by Gasteiger charge is 2.39. The van der Waals surface area contributed by atoms with Gasteiger partial charge in [0.25, 0.3) is 0 Å². The molecule has 0 spiro atoms. The lowest BCUT2D eigenvalue weighted by Crippen LogP contribution is -2.53. The second kappa shape index (κ2) is 10.3. The molecule has 4 rings (SSSR count). The number of aliphatic hydroxyl groups is 1. The van der Waals surface area contributed by atoms with E-state index < -0.39 is 5.60 Å². The minimum atomic E-state index is -1.10. The molecule has 178 valence electrons. The Hall–Kier alpha value is -2.37. The zero-order valence-corrected chi connectivity index (χ0v) is 20.3. The monoisotopic (exact) mass is 450 g/mol. The van der Waals surface area contributed by atoms with Crippen molar-refractivity contribution in [3.8, 4) is 5.75 Å². The molecule has 2 aromatic carbocycles. The summed E-state index contributed by atoms with van der Waals surface area (Å²) >= 11 is 0. The number of nitrogens with zero attached hydrogens (tertiary/aromatic N) is 2. The Morgan fingerprint density at radius 1 is 1.00 bits per heavy atom. The van der Waals surface area contributed by atoms with Crippen molar-refractivity contribution in [2.75, 3.05) is 32.8 Å². The number of benzene rings is 2. The molecule has 1 saturated carbocycles. The van der Waals surface area contributed by atoms with Gasteiger partial charge < -0.3 is 14.7 Å². The van der Waals surface area contributed by atoms with E-state index in [4.69, 9.17) is 4.74 Å². The smallest absolute Gasteiger partial charge is 0.219 e.